The van der Waals surface area contributed by atoms with Crippen LogP contribution in [0.1, 0.15) is 29.9 Å². The average Bonchev–Trinajstić information content (AvgIpc) is 3.03. The normalized spacial score (nSPS) is 12.0. The molecule has 3 rings (SSSR count). The van der Waals surface area contributed by atoms with Crippen molar-refractivity contribution >= 4 is 17.7 Å². The fourth-order valence-corrected chi connectivity index (χ4v) is 3.49. The highest BCUT2D eigenvalue weighted by atomic mass is 32.2. The lowest BCUT2D eigenvalue weighted by molar-refractivity contribution is -0.119. The van der Waals surface area contributed by atoms with Gasteiger partial charge in [-0.25, -0.2) is 8.78 Å². The van der Waals surface area contributed by atoms with Crippen LogP contribution in [0.2, 0.25) is 0 Å². The van der Waals surface area contributed by atoms with Gasteiger partial charge in [0.1, 0.15) is 5.82 Å². The van der Waals surface area contributed by atoms with E-state index >= 15 is 0 Å². The smallest absolute Gasteiger partial charge is 0.230 e. The minimum Gasteiger partial charge on any atom is -0.349 e. The van der Waals surface area contributed by atoms with Crippen molar-refractivity contribution < 1.29 is 13.6 Å². The van der Waals surface area contributed by atoms with E-state index in [9.17, 15) is 13.6 Å². The summed E-state index contributed by atoms with van der Waals surface area (Å²) >= 11 is 1.28. The molecule has 28 heavy (non-hydrogen) atoms. The van der Waals surface area contributed by atoms with Gasteiger partial charge in [0.2, 0.25) is 5.91 Å². The summed E-state index contributed by atoms with van der Waals surface area (Å²) in [5.74, 6) is -1.17. The number of aromatic nitrogens is 3. The van der Waals surface area contributed by atoms with Crippen molar-refractivity contribution in [3.63, 3.8) is 0 Å². The van der Waals surface area contributed by atoms with E-state index < -0.39 is 17.7 Å². The lowest BCUT2D eigenvalue weighted by atomic mass is 10.1. The van der Waals surface area contributed by atoms with Crippen LogP contribution in [0.5, 0.6) is 0 Å². The summed E-state index contributed by atoms with van der Waals surface area (Å²) in [5.41, 5.74) is 1.61. The molecule has 0 spiro atoms. The molecule has 0 aliphatic carbocycles. The number of nitrogens with zero attached hydrogens (tertiary/aromatic N) is 3. The lowest BCUT2D eigenvalue weighted by Crippen LogP contribution is -2.28. The molecule has 1 unspecified atom stereocenters. The van der Waals surface area contributed by atoms with Gasteiger partial charge in [-0.1, -0.05) is 48.2 Å². The Balaban J connectivity index is 1.59. The molecule has 0 radical (unpaired) electrons. The van der Waals surface area contributed by atoms with Crippen molar-refractivity contribution in [1.29, 1.82) is 0 Å². The van der Waals surface area contributed by atoms with E-state index in [4.69, 9.17) is 0 Å². The zero-order valence-corrected chi connectivity index (χ0v) is 16.3. The molecule has 8 heteroatoms. The van der Waals surface area contributed by atoms with Crippen molar-refractivity contribution in [1.82, 2.24) is 20.1 Å². The summed E-state index contributed by atoms with van der Waals surface area (Å²) in [5, 5.41) is 11.7. The molecule has 0 saturated heterocycles. The van der Waals surface area contributed by atoms with E-state index in [0.29, 0.717) is 17.3 Å². The van der Waals surface area contributed by atoms with Crippen molar-refractivity contribution in [2.45, 2.75) is 31.6 Å². The predicted molar refractivity (Wildman–Crippen MR) is 104 cm³/mol. The van der Waals surface area contributed by atoms with Crippen LogP contribution in [-0.2, 0) is 11.3 Å². The zero-order chi connectivity index (χ0) is 20.1. The molecule has 0 fully saturated rings. The number of aryl methyl sites for hydroxylation is 1. The predicted octanol–water partition coefficient (Wildman–Crippen LogP) is 3.88. The van der Waals surface area contributed by atoms with E-state index in [1.807, 2.05) is 41.8 Å². The fraction of sp³-hybridized carbons (Fsp3) is 0.250. The van der Waals surface area contributed by atoms with E-state index in [2.05, 4.69) is 15.5 Å². The Bertz CT molecular complexity index is 962. The van der Waals surface area contributed by atoms with Gasteiger partial charge in [-0.05, 0) is 37.1 Å². The molecule has 0 bridgehead atoms. The highest BCUT2D eigenvalue weighted by molar-refractivity contribution is 7.99. The Morgan fingerprint density at radius 2 is 1.89 bits per heavy atom. The van der Waals surface area contributed by atoms with Gasteiger partial charge in [0.25, 0.3) is 0 Å². The summed E-state index contributed by atoms with van der Waals surface area (Å²) in [4.78, 5) is 12.3. The van der Waals surface area contributed by atoms with Gasteiger partial charge in [-0.3, -0.25) is 4.79 Å². The molecule has 1 amide bonds. The van der Waals surface area contributed by atoms with Gasteiger partial charge in [0.15, 0.2) is 16.8 Å². The van der Waals surface area contributed by atoms with Crippen molar-refractivity contribution in [3.8, 4) is 0 Å². The number of hydrogen-bond acceptors (Lipinski definition) is 4. The molecule has 1 atom stereocenters. The van der Waals surface area contributed by atoms with E-state index in [-0.39, 0.29) is 11.7 Å². The minimum atomic E-state index is -0.933. The van der Waals surface area contributed by atoms with Gasteiger partial charge in [0, 0.05) is 0 Å². The van der Waals surface area contributed by atoms with E-state index in [0.717, 1.165) is 23.5 Å². The molecular weight excluding hydrogens is 382 g/mol. The summed E-state index contributed by atoms with van der Waals surface area (Å²) in [7, 11) is 0. The molecule has 1 aromatic heterocycles. The number of thioether (sulfide) groups is 1. The largest absolute Gasteiger partial charge is 0.349 e. The second kappa shape index (κ2) is 8.97. The van der Waals surface area contributed by atoms with Crippen LogP contribution in [0.4, 0.5) is 8.78 Å². The number of benzene rings is 2. The van der Waals surface area contributed by atoms with E-state index in [1.165, 1.54) is 17.8 Å². The van der Waals surface area contributed by atoms with Gasteiger partial charge >= 0.3 is 0 Å². The summed E-state index contributed by atoms with van der Waals surface area (Å²) in [6, 6.07) is 13.1. The standard InChI is InChI=1S/C20H20F2N4OS/c1-13(16-8-9-17(21)18(22)10-16)23-19(27)12-28-20-25-24-14(2)26(20)11-15-6-4-3-5-7-15/h3-10,13H,11-12H2,1-2H3,(H,23,27). The average molecular weight is 402 g/mol. The Morgan fingerprint density at radius 1 is 1.14 bits per heavy atom. The number of halogens is 2. The topological polar surface area (TPSA) is 59.8 Å². The van der Waals surface area contributed by atoms with Crippen LogP contribution in [0, 0.1) is 18.6 Å². The van der Waals surface area contributed by atoms with Crippen LogP contribution in [0.25, 0.3) is 0 Å². The Kier molecular flexibility index (Phi) is 6.41. The molecule has 1 heterocycles. The molecule has 2 aromatic carbocycles. The van der Waals surface area contributed by atoms with Crippen LogP contribution in [0.3, 0.4) is 0 Å². The first-order valence-corrected chi connectivity index (χ1v) is 9.73. The van der Waals surface area contributed by atoms with Gasteiger partial charge in [-0.2, -0.15) is 0 Å². The lowest BCUT2D eigenvalue weighted by Gasteiger charge is -2.14. The van der Waals surface area contributed by atoms with Gasteiger partial charge < -0.3 is 9.88 Å². The number of rotatable bonds is 7. The Morgan fingerprint density at radius 3 is 2.61 bits per heavy atom. The second-order valence-electron chi connectivity index (χ2n) is 6.35. The second-order valence-corrected chi connectivity index (χ2v) is 7.30. The van der Waals surface area contributed by atoms with Crippen molar-refractivity contribution in [2.24, 2.45) is 0 Å². The van der Waals surface area contributed by atoms with Crippen LogP contribution < -0.4 is 5.32 Å². The third-order valence-electron chi connectivity index (χ3n) is 4.24. The third-order valence-corrected chi connectivity index (χ3v) is 5.21. The molecule has 1 N–H and O–H groups in total. The van der Waals surface area contributed by atoms with Crippen molar-refractivity contribution in [2.75, 3.05) is 5.75 Å². The number of carbonyl (C=O) groups excluding carboxylic acids is 1. The maximum atomic E-state index is 13.4. The SMILES string of the molecule is Cc1nnc(SCC(=O)NC(C)c2ccc(F)c(F)c2)n1Cc1ccccc1. The van der Waals surface area contributed by atoms with Crippen LogP contribution in [-0.4, -0.2) is 26.4 Å². The molecule has 146 valence electrons. The maximum Gasteiger partial charge on any atom is 0.230 e. The zero-order valence-electron chi connectivity index (χ0n) is 15.5. The van der Waals surface area contributed by atoms with Crippen LogP contribution >= 0.6 is 11.8 Å². The number of amides is 1. The first-order valence-electron chi connectivity index (χ1n) is 8.75. The monoisotopic (exact) mass is 402 g/mol. The highest BCUT2D eigenvalue weighted by Crippen LogP contribution is 2.20. The van der Waals surface area contributed by atoms with E-state index in [1.54, 1.807) is 6.92 Å². The van der Waals surface area contributed by atoms with Gasteiger partial charge in [-0.15, -0.1) is 10.2 Å². The Hall–Kier alpha value is -2.74. The van der Waals surface area contributed by atoms with Gasteiger partial charge in [0.05, 0.1) is 18.3 Å². The number of hydrogen-bond donors (Lipinski definition) is 1. The maximum absolute atomic E-state index is 13.4. The first kappa shape index (κ1) is 20.0. The summed E-state index contributed by atoms with van der Waals surface area (Å²) in [6.45, 7) is 4.21. The Labute approximate surface area is 166 Å². The molecule has 5 nitrogen and oxygen atoms in total. The molecule has 3 aromatic rings. The quantitative estimate of drug-likeness (QED) is 0.610. The minimum absolute atomic E-state index is 0.140. The number of nitrogens with one attached hydrogen (secondary N) is 1. The van der Waals surface area contributed by atoms with Crippen molar-refractivity contribution in [3.05, 3.63) is 77.1 Å². The highest BCUT2D eigenvalue weighted by Gasteiger charge is 2.15. The number of carbonyl (C=O) groups is 1. The molecule has 0 saturated carbocycles. The summed E-state index contributed by atoms with van der Waals surface area (Å²) < 4.78 is 28.4. The third kappa shape index (κ3) is 4.95. The molecule has 0 aliphatic rings. The fourth-order valence-electron chi connectivity index (χ4n) is 2.69. The summed E-state index contributed by atoms with van der Waals surface area (Å²) in [6.07, 6.45) is 0. The molecular formula is C20H20F2N4OS. The first-order chi connectivity index (χ1) is 13.4. The molecule has 0 aliphatic heterocycles. The van der Waals surface area contributed by atoms with Crippen LogP contribution in [0.15, 0.2) is 53.7 Å².